The predicted octanol–water partition coefficient (Wildman–Crippen LogP) is 2.14. The molecule has 0 saturated heterocycles. The summed E-state index contributed by atoms with van der Waals surface area (Å²) in [5.41, 5.74) is 0.885. The highest BCUT2D eigenvalue weighted by atomic mass is 16.1. The molecule has 2 N–H and O–H groups in total. The van der Waals surface area contributed by atoms with Crippen LogP contribution in [0, 0.1) is 0 Å². The Labute approximate surface area is 166 Å². The molecule has 8 nitrogen and oxygen atoms in total. The summed E-state index contributed by atoms with van der Waals surface area (Å²) < 4.78 is 1.35. The lowest BCUT2D eigenvalue weighted by molar-refractivity contribution is 0.524. The number of pyridine rings is 1. The zero-order valence-corrected chi connectivity index (χ0v) is 15.9. The van der Waals surface area contributed by atoms with Gasteiger partial charge >= 0.3 is 0 Å². The summed E-state index contributed by atoms with van der Waals surface area (Å²) in [5.74, 6) is 0.351. The van der Waals surface area contributed by atoms with Crippen LogP contribution in [0.1, 0.15) is 24.4 Å². The summed E-state index contributed by atoms with van der Waals surface area (Å²) in [7, 11) is 0. The molecule has 0 aliphatic heterocycles. The van der Waals surface area contributed by atoms with Gasteiger partial charge in [-0.15, -0.1) is 0 Å². The van der Waals surface area contributed by atoms with E-state index in [2.05, 4.69) is 25.4 Å². The Morgan fingerprint density at radius 3 is 2.79 bits per heavy atom. The van der Waals surface area contributed by atoms with E-state index in [1.165, 1.54) is 10.7 Å². The molecule has 1 atom stereocenters. The number of nitrogens with zero attached hydrogens (tertiary/aromatic N) is 4. The Hall–Kier alpha value is -3.81. The quantitative estimate of drug-likeness (QED) is 0.524. The molecule has 3 aromatic heterocycles. The summed E-state index contributed by atoms with van der Waals surface area (Å²) in [5, 5.41) is 8.73. The zero-order chi connectivity index (χ0) is 20.2. The Bertz CT molecular complexity index is 1250. The summed E-state index contributed by atoms with van der Waals surface area (Å²) in [4.78, 5) is 36.4. The molecular weight excluding hydrogens is 368 g/mol. The molecule has 4 aromatic rings. The first-order valence-corrected chi connectivity index (χ1v) is 9.33. The Kier molecular flexibility index (Phi) is 5.15. The van der Waals surface area contributed by atoms with Crippen LogP contribution in [0.15, 0.2) is 70.5 Å². The highest BCUT2D eigenvalue weighted by Crippen LogP contribution is 2.14. The van der Waals surface area contributed by atoms with Gasteiger partial charge in [-0.05, 0) is 25.1 Å². The molecule has 8 heteroatoms. The zero-order valence-electron chi connectivity index (χ0n) is 15.9. The number of nitrogens with one attached hydrogen (secondary N) is 2. The van der Waals surface area contributed by atoms with Gasteiger partial charge in [0.15, 0.2) is 0 Å². The molecule has 146 valence electrons. The largest absolute Gasteiger partial charge is 0.355 e. The van der Waals surface area contributed by atoms with E-state index >= 15 is 0 Å². The van der Waals surface area contributed by atoms with Gasteiger partial charge < -0.3 is 5.32 Å². The van der Waals surface area contributed by atoms with Gasteiger partial charge in [0.25, 0.3) is 11.1 Å². The van der Waals surface area contributed by atoms with Gasteiger partial charge in [0.1, 0.15) is 0 Å². The van der Waals surface area contributed by atoms with Crippen LogP contribution in [0.3, 0.4) is 0 Å². The second-order valence-corrected chi connectivity index (χ2v) is 6.67. The third-order valence-electron chi connectivity index (χ3n) is 4.68. The van der Waals surface area contributed by atoms with E-state index in [4.69, 9.17) is 0 Å². The van der Waals surface area contributed by atoms with Crippen molar-refractivity contribution >= 4 is 16.7 Å². The van der Waals surface area contributed by atoms with Crippen LogP contribution in [0.25, 0.3) is 10.8 Å². The van der Waals surface area contributed by atoms with Crippen molar-refractivity contribution in [2.24, 2.45) is 0 Å². The maximum atomic E-state index is 12.8. The number of anilines is 1. The van der Waals surface area contributed by atoms with Crippen LogP contribution in [0.2, 0.25) is 0 Å². The number of hydrogen-bond acceptors (Lipinski definition) is 6. The monoisotopic (exact) mass is 388 g/mol. The van der Waals surface area contributed by atoms with Gasteiger partial charge in [-0.2, -0.15) is 5.10 Å². The number of H-pyrrole nitrogens is 1. The molecule has 0 bridgehead atoms. The van der Waals surface area contributed by atoms with Crippen LogP contribution >= 0.6 is 0 Å². The third kappa shape index (κ3) is 4.06. The number of benzene rings is 1. The molecule has 0 saturated carbocycles. The summed E-state index contributed by atoms with van der Waals surface area (Å²) >= 11 is 0. The topological polar surface area (TPSA) is 106 Å². The number of hydrogen-bond donors (Lipinski definition) is 2. The van der Waals surface area contributed by atoms with Crippen molar-refractivity contribution in [1.82, 2.24) is 24.7 Å². The lowest BCUT2D eigenvalue weighted by atomic mass is 10.2. The average molecular weight is 388 g/mol. The first kappa shape index (κ1) is 18.5. The molecule has 4 rings (SSSR count). The highest BCUT2D eigenvalue weighted by Gasteiger charge is 2.15. The van der Waals surface area contributed by atoms with Gasteiger partial charge in [-0.25, -0.2) is 9.67 Å². The van der Waals surface area contributed by atoms with Crippen molar-refractivity contribution < 1.29 is 0 Å². The van der Waals surface area contributed by atoms with Crippen LogP contribution in [0.4, 0.5) is 5.95 Å². The molecule has 29 heavy (non-hydrogen) atoms. The van der Waals surface area contributed by atoms with Crippen molar-refractivity contribution in [3.05, 3.63) is 93.0 Å². The summed E-state index contributed by atoms with van der Waals surface area (Å²) in [6, 6.07) is 13.9. The van der Waals surface area contributed by atoms with E-state index in [0.717, 1.165) is 11.1 Å². The lowest BCUT2D eigenvalue weighted by Gasteiger charge is -2.15. The molecule has 1 unspecified atom stereocenters. The molecule has 0 aliphatic rings. The Morgan fingerprint density at radius 1 is 1.14 bits per heavy atom. The van der Waals surface area contributed by atoms with Crippen LogP contribution in [-0.4, -0.2) is 31.3 Å². The molecule has 0 aliphatic carbocycles. The Balaban J connectivity index is 1.58. The van der Waals surface area contributed by atoms with Gasteiger partial charge in [0.2, 0.25) is 5.95 Å². The van der Waals surface area contributed by atoms with Crippen LogP contribution in [-0.2, 0) is 6.42 Å². The van der Waals surface area contributed by atoms with E-state index in [1.807, 2.05) is 36.4 Å². The van der Waals surface area contributed by atoms with Crippen molar-refractivity contribution in [3.63, 3.8) is 0 Å². The molecular formula is C21H20N6O2. The smallest absolute Gasteiger partial charge is 0.275 e. The van der Waals surface area contributed by atoms with Crippen molar-refractivity contribution in [1.29, 1.82) is 0 Å². The van der Waals surface area contributed by atoms with E-state index in [0.29, 0.717) is 30.0 Å². The fourth-order valence-electron chi connectivity index (χ4n) is 3.13. The van der Waals surface area contributed by atoms with Crippen molar-refractivity contribution in [2.75, 3.05) is 11.9 Å². The van der Waals surface area contributed by atoms with Crippen LogP contribution < -0.4 is 16.4 Å². The normalized spacial score (nSPS) is 12.0. The average Bonchev–Trinajstić information content (AvgIpc) is 2.74. The van der Waals surface area contributed by atoms with Gasteiger partial charge in [-0.3, -0.25) is 19.6 Å². The van der Waals surface area contributed by atoms with Crippen molar-refractivity contribution in [2.45, 2.75) is 19.4 Å². The number of aromatic nitrogens is 5. The first-order chi connectivity index (χ1) is 14.1. The molecule has 3 heterocycles. The molecule has 0 amide bonds. The van der Waals surface area contributed by atoms with Crippen LogP contribution in [0.5, 0.6) is 0 Å². The fourth-order valence-corrected chi connectivity index (χ4v) is 3.13. The van der Waals surface area contributed by atoms with Gasteiger partial charge in [0, 0.05) is 36.3 Å². The van der Waals surface area contributed by atoms with Gasteiger partial charge in [-0.1, -0.05) is 24.3 Å². The number of rotatable bonds is 6. The maximum Gasteiger partial charge on any atom is 0.275 e. The SMILES string of the molecule is CC(c1cc(=O)[nH]c(NCCc2ccccn2)n1)n1ncc2ccccc2c1=O. The molecule has 0 fully saturated rings. The fraction of sp³-hybridized carbons (Fsp3) is 0.190. The third-order valence-corrected chi connectivity index (χ3v) is 4.68. The predicted molar refractivity (Wildman–Crippen MR) is 111 cm³/mol. The number of fused-ring (bicyclic) bond motifs is 1. The minimum Gasteiger partial charge on any atom is -0.355 e. The standard InChI is InChI=1S/C21H20N6O2/c1-14(27-20(29)17-8-3-2-6-15(17)13-24-27)18-12-19(28)26-21(25-18)23-11-9-16-7-4-5-10-22-16/h2-8,10,12-14H,9,11H2,1H3,(H2,23,25,26,28). The number of aromatic amines is 1. The minimum atomic E-state index is -0.495. The molecule has 0 spiro atoms. The molecule has 0 radical (unpaired) electrons. The van der Waals surface area contributed by atoms with E-state index in [9.17, 15) is 9.59 Å². The highest BCUT2D eigenvalue weighted by molar-refractivity contribution is 5.80. The Morgan fingerprint density at radius 2 is 1.97 bits per heavy atom. The van der Waals surface area contributed by atoms with Crippen molar-refractivity contribution in [3.8, 4) is 0 Å². The second-order valence-electron chi connectivity index (χ2n) is 6.67. The first-order valence-electron chi connectivity index (χ1n) is 9.33. The van der Waals surface area contributed by atoms with E-state index < -0.39 is 6.04 Å². The maximum absolute atomic E-state index is 12.8. The summed E-state index contributed by atoms with van der Waals surface area (Å²) in [6.45, 7) is 2.36. The molecule has 1 aromatic carbocycles. The van der Waals surface area contributed by atoms with E-state index in [-0.39, 0.29) is 11.1 Å². The van der Waals surface area contributed by atoms with Gasteiger partial charge in [0.05, 0.1) is 23.3 Å². The lowest BCUT2D eigenvalue weighted by Crippen LogP contribution is -2.28. The minimum absolute atomic E-state index is 0.220. The summed E-state index contributed by atoms with van der Waals surface area (Å²) in [6.07, 6.45) is 4.08. The van der Waals surface area contributed by atoms with E-state index in [1.54, 1.807) is 25.4 Å². The second kappa shape index (κ2) is 8.05.